The predicted octanol–water partition coefficient (Wildman–Crippen LogP) is 4.01. The summed E-state index contributed by atoms with van der Waals surface area (Å²) >= 11 is 6.74. The molecule has 2 heterocycles. The van der Waals surface area contributed by atoms with E-state index < -0.39 is 22.1 Å². The monoisotopic (exact) mass is 470 g/mol. The van der Waals surface area contributed by atoms with Crippen LogP contribution in [0.15, 0.2) is 40.6 Å². The lowest BCUT2D eigenvalue weighted by Gasteiger charge is -2.31. The summed E-state index contributed by atoms with van der Waals surface area (Å²) in [6, 6.07) is 8.74. The quantitative estimate of drug-likeness (QED) is 0.644. The molecular weight excluding hydrogens is 448 g/mol. The van der Waals surface area contributed by atoms with E-state index in [2.05, 4.69) is 11.6 Å². The Bertz CT molecular complexity index is 1010. The van der Waals surface area contributed by atoms with E-state index in [1.54, 1.807) is 11.8 Å². The van der Waals surface area contributed by atoms with Crippen LogP contribution in [0.25, 0.3) is 0 Å². The van der Waals surface area contributed by atoms with Gasteiger partial charge in [0, 0.05) is 18.8 Å². The normalized spacial score (nSPS) is 16.2. The fraction of sp³-hybridized carbons (Fsp3) is 0.400. The number of rotatable bonds is 6. The fourth-order valence-electron chi connectivity index (χ4n) is 3.09. The molecule has 7 nitrogen and oxygen atoms in total. The van der Waals surface area contributed by atoms with Crippen LogP contribution in [0, 0.1) is 5.92 Å². The molecule has 1 N–H and O–H groups in total. The minimum atomic E-state index is -3.75. The van der Waals surface area contributed by atoms with Crippen molar-refractivity contribution in [3.8, 4) is 0 Å². The molecule has 1 aliphatic rings. The number of anilines is 1. The lowest BCUT2D eigenvalue weighted by atomic mass is 9.99. The molecule has 0 saturated carbocycles. The number of likely N-dealkylation sites (tertiary alicyclic amines) is 1. The van der Waals surface area contributed by atoms with Gasteiger partial charge in [0.05, 0.1) is 9.90 Å². The van der Waals surface area contributed by atoms with Gasteiger partial charge in [-0.25, -0.2) is 13.2 Å². The number of carbonyl (C=O) groups is 2. The van der Waals surface area contributed by atoms with Gasteiger partial charge in [0.25, 0.3) is 15.9 Å². The number of nitrogens with one attached hydrogen (secondary N) is 1. The molecule has 0 spiro atoms. The number of amides is 1. The largest absolute Gasteiger partial charge is 0.449 e. The van der Waals surface area contributed by atoms with Crippen molar-refractivity contribution in [3.63, 3.8) is 0 Å². The van der Waals surface area contributed by atoms with Crippen molar-refractivity contribution in [1.82, 2.24) is 4.90 Å². The molecule has 30 heavy (non-hydrogen) atoms. The van der Waals surface area contributed by atoms with E-state index in [-0.39, 0.29) is 15.7 Å². The van der Waals surface area contributed by atoms with E-state index in [0.29, 0.717) is 29.0 Å². The maximum absolute atomic E-state index is 12.5. The van der Waals surface area contributed by atoms with Crippen molar-refractivity contribution in [1.29, 1.82) is 0 Å². The van der Waals surface area contributed by atoms with Crippen LogP contribution in [0.4, 0.5) is 5.69 Å². The molecule has 0 radical (unpaired) electrons. The molecule has 1 atom stereocenters. The Labute approximate surface area is 185 Å². The van der Waals surface area contributed by atoms with Crippen molar-refractivity contribution in [2.24, 2.45) is 5.92 Å². The number of ether oxygens (including phenoxy) is 1. The van der Waals surface area contributed by atoms with Crippen LogP contribution in [-0.4, -0.2) is 44.4 Å². The van der Waals surface area contributed by atoms with Crippen molar-refractivity contribution in [3.05, 3.63) is 46.3 Å². The SMILES string of the molecule is CC1CCN(C(=O)C(C)OC(=O)c2ccc(NS(=O)(=O)c3ccc(Cl)s3)cc2)CC1. The van der Waals surface area contributed by atoms with Gasteiger partial charge in [0.2, 0.25) is 0 Å². The van der Waals surface area contributed by atoms with Crippen molar-refractivity contribution < 1.29 is 22.7 Å². The summed E-state index contributed by atoms with van der Waals surface area (Å²) in [5.74, 6) is -0.241. The van der Waals surface area contributed by atoms with Crippen LogP contribution in [0.5, 0.6) is 0 Å². The van der Waals surface area contributed by atoms with Crippen LogP contribution in [0.1, 0.15) is 37.0 Å². The summed E-state index contributed by atoms with van der Waals surface area (Å²) in [7, 11) is -3.75. The van der Waals surface area contributed by atoms with Gasteiger partial charge < -0.3 is 9.64 Å². The number of sulfonamides is 1. The Hall–Kier alpha value is -2.10. The molecule has 0 bridgehead atoms. The molecule has 1 unspecified atom stereocenters. The minimum absolute atomic E-state index is 0.0930. The first-order valence-electron chi connectivity index (χ1n) is 9.53. The average Bonchev–Trinajstić information content (AvgIpc) is 3.15. The number of hydrogen-bond acceptors (Lipinski definition) is 6. The van der Waals surface area contributed by atoms with Gasteiger partial charge in [-0.15, -0.1) is 11.3 Å². The lowest BCUT2D eigenvalue weighted by molar-refractivity contribution is -0.141. The molecule has 1 saturated heterocycles. The van der Waals surface area contributed by atoms with Gasteiger partial charge in [-0.2, -0.15) is 0 Å². The summed E-state index contributed by atoms with van der Waals surface area (Å²) in [4.78, 5) is 26.6. The highest BCUT2D eigenvalue weighted by Crippen LogP contribution is 2.27. The van der Waals surface area contributed by atoms with Crippen molar-refractivity contribution in [2.75, 3.05) is 17.8 Å². The molecule has 1 aliphatic heterocycles. The standard InChI is InChI=1S/C20H23ClN2O5S2/c1-13-9-11-23(12-10-13)19(24)14(2)28-20(25)15-3-5-16(6-4-15)22-30(26,27)18-8-7-17(21)29-18/h3-8,13-14,22H,9-12H2,1-2H3. The Kier molecular flexibility index (Phi) is 7.05. The van der Waals surface area contributed by atoms with Crippen LogP contribution in [0.2, 0.25) is 4.34 Å². The number of piperidine rings is 1. The van der Waals surface area contributed by atoms with E-state index in [1.165, 1.54) is 36.4 Å². The highest BCUT2D eigenvalue weighted by molar-refractivity contribution is 7.94. The first kappa shape index (κ1) is 22.6. The van der Waals surface area contributed by atoms with E-state index >= 15 is 0 Å². The molecule has 1 fully saturated rings. The average molecular weight is 471 g/mol. The molecule has 10 heteroatoms. The summed E-state index contributed by atoms with van der Waals surface area (Å²) in [6.07, 6.45) is 1.01. The number of carbonyl (C=O) groups excluding carboxylic acids is 2. The van der Waals surface area contributed by atoms with Crippen LogP contribution < -0.4 is 4.72 Å². The second-order valence-corrected chi connectivity index (χ2v) is 10.9. The molecule has 3 rings (SSSR count). The Morgan fingerprint density at radius 2 is 1.80 bits per heavy atom. The zero-order valence-electron chi connectivity index (χ0n) is 16.6. The molecule has 0 aliphatic carbocycles. The zero-order chi connectivity index (χ0) is 21.9. The summed E-state index contributed by atoms with van der Waals surface area (Å²) in [5, 5.41) is 0. The number of thiophene rings is 1. The van der Waals surface area contributed by atoms with Gasteiger partial charge in [0.15, 0.2) is 6.10 Å². The molecule has 162 valence electrons. The molecule has 1 aromatic carbocycles. The number of halogens is 1. The lowest BCUT2D eigenvalue weighted by Crippen LogP contribution is -2.44. The Balaban J connectivity index is 1.59. The highest BCUT2D eigenvalue weighted by atomic mass is 35.5. The third-order valence-electron chi connectivity index (χ3n) is 4.91. The van der Waals surface area contributed by atoms with E-state index in [9.17, 15) is 18.0 Å². The Morgan fingerprint density at radius 3 is 2.37 bits per heavy atom. The predicted molar refractivity (Wildman–Crippen MR) is 116 cm³/mol. The smallest absolute Gasteiger partial charge is 0.338 e. The summed E-state index contributed by atoms with van der Waals surface area (Å²) < 4.78 is 32.9. The molecule has 1 aromatic heterocycles. The van der Waals surface area contributed by atoms with Gasteiger partial charge in [-0.1, -0.05) is 18.5 Å². The topological polar surface area (TPSA) is 92.8 Å². The van der Waals surface area contributed by atoms with Gasteiger partial charge in [-0.3, -0.25) is 9.52 Å². The summed E-state index contributed by atoms with van der Waals surface area (Å²) in [5.41, 5.74) is 0.520. The zero-order valence-corrected chi connectivity index (χ0v) is 19.0. The van der Waals surface area contributed by atoms with E-state index in [1.807, 2.05) is 0 Å². The number of esters is 1. The third-order valence-corrected chi connectivity index (χ3v) is 8.02. The number of benzene rings is 1. The molecule has 1 amide bonds. The third kappa shape index (κ3) is 5.53. The van der Waals surface area contributed by atoms with Gasteiger partial charge >= 0.3 is 5.97 Å². The van der Waals surface area contributed by atoms with Gasteiger partial charge in [0.1, 0.15) is 4.21 Å². The molecular formula is C20H23ClN2O5S2. The maximum atomic E-state index is 12.5. The minimum Gasteiger partial charge on any atom is -0.449 e. The number of nitrogens with zero attached hydrogens (tertiary/aromatic N) is 1. The van der Waals surface area contributed by atoms with E-state index in [0.717, 1.165) is 24.2 Å². The summed E-state index contributed by atoms with van der Waals surface area (Å²) in [6.45, 7) is 5.07. The number of hydrogen-bond donors (Lipinski definition) is 1. The van der Waals surface area contributed by atoms with Crippen LogP contribution >= 0.6 is 22.9 Å². The second-order valence-electron chi connectivity index (χ2n) is 7.30. The second kappa shape index (κ2) is 9.36. The van der Waals surface area contributed by atoms with Crippen molar-refractivity contribution in [2.45, 2.75) is 37.0 Å². The maximum Gasteiger partial charge on any atom is 0.338 e. The van der Waals surface area contributed by atoms with E-state index in [4.69, 9.17) is 16.3 Å². The Morgan fingerprint density at radius 1 is 1.17 bits per heavy atom. The van der Waals surface area contributed by atoms with Crippen LogP contribution in [-0.2, 0) is 19.6 Å². The van der Waals surface area contributed by atoms with Gasteiger partial charge in [-0.05, 0) is 62.1 Å². The van der Waals surface area contributed by atoms with Crippen LogP contribution in [0.3, 0.4) is 0 Å². The first-order chi connectivity index (χ1) is 14.2. The highest BCUT2D eigenvalue weighted by Gasteiger charge is 2.27. The van der Waals surface area contributed by atoms with Crippen molar-refractivity contribution >= 4 is 50.5 Å². The molecule has 2 aromatic rings. The first-order valence-corrected chi connectivity index (χ1v) is 12.2. The fourth-order valence-corrected chi connectivity index (χ4v) is 5.63.